The molecule has 1 atom stereocenters. The number of likely N-dealkylation sites (N-methyl/N-ethyl adjacent to an activating group) is 1. The van der Waals surface area contributed by atoms with E-state index >= 15 is 0 Å². The molecule has 0 saturated carbocycles. The number of hydrogen-bond acceptors (Lipinski definition) is 2. The number of nitrogens with one attached hydrogen (secondary N) is 1. The minimum absolute atomic E-state index is 0.0600. The Labute approximate surface area is 109 Å². The number of carbonyl (C=O) groups excluding carboxylic acids is 1. The molecule has 1 N–H and O–H groups in total. The Morgan fingerprint density at radius 2 is 2.06 bits per heavy atom. The summed E-state index contributed by atoms with van der Waals surface area (Å²) in [6.45, 7) is 4.32. The summed E-state index contributed by atoms with van der Waals surface area (Å²) in [5.41, 5.74) is 2.81. The van der Waals surface area contributed by atoms with Gasteiger partial charge in [0.2, 0.25) is 0 Å². The van der Waals surface area contributed by atoms with Crippen LogP contribution >= 0.6 is 0 Å². The number of ether oxygens (including phenoxy) is 1. The van der Waals surface area contributed by atoms with Crippen LogP contribution in [0.25, 0.3) is 0 Å². The van der Waals surface area contributed by atoms with E-state index in [4.69, 9.17) is 4.74 Å². The van der Waals surface area contributed by atoms with Gasteiger partial charge in [-0.05, 0) is 62.8 Å². The first-order chi connectivity index (χ1) is 8.70. The van der Waals surface area contributed by atoms with Crippen molar-refractivity contribution in [1.29, 1.82) is 0 Å². The zero-order valence-corrected chi connectivity index (χ0v) is 11.2. The molecule has 0 unspecified atom stereocenters. The van der Waals surface area contributed by atoms with Crippen LogP contribution < -0.4 is 10.1 Å². The van der Waals surface area contributed by atoms with Gasteiger partial charge < -0.3 is 10.1 Å². The van der Waals surface area contributed by atoms with Crippen molar-refractivity contribution in [2.24, 2.45) is 0 Å². The monoisotopic (exact) mass is 247 g/mol. The summed E-state index contributed by atoms with van der Waals surface area (Å²) in [4.78, 5) is 11.6. The van der Waals surface area contributed by atoms with Gasteiger partial charge >= 0.3 is 0 Å². The minimum atomic E-state index is -0.438. The van der Waals surface area contributed by atoms with Gasteiger partial charge in [-0.3, -0.25) is 4.79 Å². The van der Waals surface area contributed by atoms with Crippen LogP contribution in [0.15, 0.2) is 18.2 Å². The molecule has 1 aliphatic rings. The molecule has 0 spiro atoms. The highest BCUT2D eigenvalue weighted by atomic mass is 16.5. The van der Waals surface area contributed by atoms with Crippen LogP contribution in [0.5, 0.6) is 5.75 Å². The fourth-order valence-corrected chi connectivity index (χ4v) is 2.36. The van der Waals surface area contributed by atoms with E-state index in [1.807, 2.05) is 13.0 Å². The van der Waals surface area contributed by atoms with Gasteiger partial charge in [0.15, 0.2) is 6.10 Å². The average Bonchev–Trinajstić information content (AvgIpc) is 2.39. The van der Waals surface area contributed by atoms with Crippen LogP contribution in [0.1, 0.15) is 37.8 Å². The summed E-state index contributed by atoms with van der Waals surface area (Å²) in [5.74, 6) is 0.740. The Morgan fingerprint density at radius 3 is 2.78 bits per heavy atom. The van der Waals surface area contributed by atoms with Crippen molar-refractivity contribution in [3.8, 4) is 5.75 Å². The topological polar surface area (TPSA) is 38.3 Å². The molecule has 0 aromatic heterocycles. The second kappa shape index (κ2) is 5.89. The third-order valence-electron chi connectivity index (χ3n) is 3.35. The van der Waals surface area contributed by atoms with Gasteiger partial charge in [-0.25, -0.2) is 0 Å². The second-order valence-electron chi connectivity index (χ2n) is 4.79. The van der Waals surface area contributed by atoms with E-state index in [2.05, 4.69) is 17.4 Å². The highest BCUT2D eigenvalue weighted by Crippen LogP contribution is 2.25. The zero-order chi connectivity index (χ0) is 13.0. The zero-order valence-electron chi connectivity index (χ0n) is 11.2. The molecular weight excluding hydrogens is 226 g/mol. The molecule has 1 aromatic carbocycles. The van der Waals surface area contributed by atoms with Gasteiger partial charge in [-0.15, -0.1) is 0 Å². The van der Waals surface area contributed by atoms with Crippen LogP contribution in [0.2, 0.25) is 0 Å². The molecule has 0 aliphatic heterocycles. The van der Waals surface area contributed by atoms with Crippen molar-refractivity contribution in [1.82, 2.24) is 5.32 Å². The number of benzene rings is 1. The van der Waals surface area contributed by atoms with E-state index in [-0.39, 0.29) is 5.91 Å². The molecule has 1 amide bonds. The summed E-state index contributed by atoms with van der Waals surface area (Å²) in [6, 6.07) is 6.19. The maximum absolute atomic E-state index is 11.6. The van der Waals surface area contributed by atoms with Crippen molar-refractivity contribution in [2.75, 3.05) is 6.54 Å². The molecule has 0 heterocycles. The van der Waals surface area contributed by atoms with Crippen LogP contribution in [0, 0.1) is 0 Å². The number of fused-ring (bicyclic) bond motifs is 1. The predicted octanol–water partition coefficient (Wildman–Crippen LogP) is 2.47. The molecule has 0 bridgehead atoms. The van der Waals surface area contributed by atoms with Gasteiger partial charge in [0.05, 0.1) is 0 Å². The van der Waals surface area contributed by atoms with Gasteiger partial charge in [-0.2, -0.15) is 0 Å². The Morgan fingerprint density at radius 1 is 1.33 bits per heavy atom. The van der Waals surface area contributed by atoms with E-state index < -0.39 is 6.10 Å². The standard InChI is InChI=1S/C15H21NO2/c1-3-16-15(17)11(2)18-14-9-8-12-6-4-5-7-13(12)10-14/h8-11H,3-7H2,1-2H3,(H,16,17)/t11-/m1/s1. The SMILES string of the molecule is CCNC(=O)[C@@H](C)Oc1ccc2c(c1)CCCC2. The van der Waals surface area contributed by atoms with Crippen LogP contribution in [0.4, 0.5) is 0 Å². The minimum Gasteiger partial charge on any atom is -0.481 e. The smallest absolute Gasteiger partial charge is 0.260 e. The Bertz CT molecular complexity index is 429. The maximum Gasteiger partial charge on any atom is 0.260 e. The number of rotatable bonds is 4. The van der Waals surface area contributed by atoms with E-state index in [1.165, 1.54) is 30.4 Å². The third kappa shape index (κ3) is 3.03. The lowest BCUT2D eigenvalue weighted by molar-refractivity contribution is -0.127. The largest absolute Gasteiger partial charge is 0.481 e. The van der Waals surface area contributed by atoms with Crippen molar-refractivity contribution in [3.63, 3.8) is 0 Å². The van der Waals surface area contributed by atoms with Gasteiger partial charge in [0.1, 0.15) is 5.75 Å². The fraction of sp³-hybridized carbons (Fsp3) is 0.533. The fourth-order valence-electron chi connectivity index (χ4n) is 2.36. The lowest BCUT2D eigenvalue weighted by Crippen LogP contribution is -2.36. The molecule has 0 saturated heterocycles. The Balaban J connectivity index is 2.03. The van der Waals surface area contributed by atoms with E-state index in [0.717, 1.165) is 12.2 Å². The van der Waals surface area contributed by atoms with Crippen LogP contribution in [-0.4, -0.2) is 18.6 Å². The summed E-state index contributed by atoms with van der Waals surface area (Å²) < 4.78 is 5.68. The molecule has 18 heavy (non-hydrogen) atoms. The molecule has 3 nitrogen and oxygen atoms in total. The molecule has 3 heteroatoms. The van der Waals surface area contributed by atoms with Crippen molar-refractivity contribution in [3.05, 3.63) is 29.3 Å². The lowest BCUT2D eigenvalue weighted by Gasteiger charge is -2.19. The third-order valence-corrected chi connectivity index (χ3v) is 3.35. The lowest BCUT2D eigenvalue weighted by atomic mass is 9.92. The predicted molar refractivity (Wildman–Crippen MR) is 71.9 cm³/mol. The van der Waals surface area contributed by atoms with E-state index in [9.17, 15) is 4.79 Å². The quantitative estimate of drug-likeness (QED) is 0.887. The van der Waals surface area contributed by atoms with Crippen molar-refractivity contribution in [2.45, 2.75) is 45.6 Å². The normalized spacial score (nSPS) is 15.7. The van der Waals surface area contributed by atoms with Gasteiger partial charge in [0.25, 0.3) is 5.91 Å². The molecule has 0 radical (unpaired) electrons. The Kier molecular flexibility index (Phi) is 4.24. The van der Waals surface area contributed by atoms with Gasteiger partial charge in [0, 0.05) is 6.54 Å². The summed E-state index contributed by atoms with van der Waals surface area (Å²) in [5, 5.41) is 2.76. The number of hydrogen-bond donors (Lipinski definition) is 1. The summed E-state index contributed by atoms with van der Waals surface area (Å²) in [7, 11) is 0. The first-order valence-electron chi connectivity index (χ1n) is 6.77. The maximum atomic E-state index is 11.6. The van der Waals surface area contributed by atoms with Crippen LogP contribution in [0.3, 0.4) is 0 Å². The Hall–Kier alpha value is -1.51. The van der Waals surface area contributed by atoms with Gasteiger partial charge in [-0.1, -0.05) is 6.07 Å². The highest BCUT2D eigenvalue weighted by molar-refractivity contribution is 5.80. The average molecular weight is 247 g/mol. The van der Waals surface area contributed by atoms with E-state index in [0.29, 0.717) is 6.54 Å². The molecule has 98 valence electrons. The molecular formula is C15H21NO2. The highest BCUT2D eigenvalue weighted by Gasteiger charge is 2.15. The first kappa shape index (κ1) is 12.9. The number of amides is 1. The molecule has 1 aliphatic carbocycles. The van der Waals surface area contributed by atoms with E-state index in [1.54, 1.807) is 6.92 Å². The molecule has 1 aromatic rings. The summed E-state index contributed by atoms with van der Waals surface area (Å²) in [6.07, 6.45) is 4.39. The van der Waals surface area contributed by atoms with Crippen molar-refractivity contribution < 1.29 is 9.53 Å². The summed E-state index contributed by atoms with van der Waals surface area (Å²) >= 11 is 0. The molecule has 2 rings (SSSR count). The van der Waals surface area contributed by atoms with Crippen molar-refractivity contribution >= 4 is 5.91 Å². The number of carbonyl (C=O) groups is 1. The second-order valence-corrected chi connectivity index (χ2v) is 4.79. The number of aryl methyl sites for hydroxylation is 2. The first-order valence-corrected chi connectivity index (χ1v) is 6.77. The van der Waals surface area contributed by atoms with Crippen LogP contribution in [-0.2, 0) is 17.6 Å². The molecule has 0 fully saturated rings.